The van der Waals surface area contributed by atoms with Crippen molar-refractivity contribution < 1.29 is 28.6 Å². The molecule has 1 atom stereocenters. The van der Waals surface area contributed by atoms with E-state index in [2.05, 4.69) is 81.5 Å². The quantitative estimate of drug-likeness (QED) is 0.0263. The predicted molar refractivity (Wildman–Crippen MR) is 256 cm³/mol. The van der Waals surface area contributed by atoms with E-state index in [1.165, 1.54) is 103 Å². The van der Waals surface area contributed by atoms with Crippen molar-refractivity contribution in [1.29, 1.82) is 0 Å². The van der Waals surface area contributed by atoms with Gasteiger partial charge in [-0.05, 0) is 103 Å². The monoisotopic (exact) mass is 839 g/mol. The standard InChI is InChI=1S/C54H94O6/c1-4-7-10-13-16-19-22-25-26-27-28-30-32-35-38-41-44-47-53(56)59-50-51(49-58-52(55)46-43-40-37-34-31-24-21-18-15-12-9-6-3)60-54(57)48-45-42-39-36-33-29-23-20-17-14-11-8-5-2/h7,10,16,18-21,23,25-26,51H,4-6,8-9,11-15,17,22,24,27-50H2,1-3H3/b10-7-,19-16-,21-18-,23-20-,26-25-. The van der Waals surface area contributed by atoms with Gasteiger partial charge in [-0.25, -0.2) is 0 Å². The average molecular weight is 839 g/mol. The second-order valence-corrected chi connectivity index (χ2v) is 16.7. The van der Waals surface area contributed by atoms with E-state index in [-0.39, 0.29) is 31.1 Å². The largest absolute Gasteiger partial charge is 0.462 e. The molecule has 60 heavy (non-hydrogen) atoms. The van der Waals surface area contributed by atoms with Crippen molar-refractivity contribution in [3.8, 4) is 0 Å². The number of unbranched alkanes of at least 4 members (excludes halogenated alkanes) is 24. The number of rotatable bonds is 45. The number of allylic oxidation sites excluding steroid dienone is 10. The first-order chi connectivity index (χ1) is 29.5. The van der Waals surface area contributed by atoms with Crippen molar-refractivity contribution >= 4 is 17.9 Å². The first-order valence-corrected chi connectivity index (χ1v) is 25.3. The molecule has 0 aliphatic rings. The molecule has 0 amide bonds. The van der Waals surface area contributed by atoms with Crippen LogP contribution in [0.2, 0.25) is 0 Å². The van der Waals surface area contributed by atoms with Crippen molar-refractivity contribution in [1.82, 2.24) is 0 Å². The van der Waals surface area contributed by atoms with Crippen molar-refractivity contribution in [2.75, 3.05) is 13.2 Å². The molecule has 0 aromatic heterocycles. The van der Waals surface area contributed by atoms with Crippen molar-refractivity contribution in [2.24, 2.45) is 0 Å². The van der Waals surface area contributed by atoms with Gasteiger partial charge in [0, 0.05) is 19.3 Å². The lowest BCUT2D eigenvalue weighted by molar-refractivity contribution is -0.167. The summed E-state index contributed by atoms with van der Waals surface area (Å²) < 4.78 is 16.8. The first kappa shape index (κ1) is 57.1. The molecule has 0 saturated carbocycles. The molecule has 0 aliphatic heterocycles. The van der Waals surface area contributed by atoms with E-state index >= 15 is 0 Å². The van der Waals surface area contributed by atoms with Gasteiger partial charge in [0.1, 0.15) is 13.2 Å². The topological polar surface area (TPSA) is 78.9 Å². The second-order valence-electron chi connectivity index (χ2n) is 16.7. The molecule has 0 bridgehead atoms. The summed E-state index contributed by atoms with van der Waals surface area (Å²) in [7, 11) is 0. The summed E-state index contributed by atoms with van der Waals surface area (Å²) in [6.45, 7) is 6.47. The Labute approximate surface area is 370 Å². The Bertz CT molecular complexity index is 1100. The van der Waals surface area contributed by atoms with Crippen LogP contribution in [-0.4, -0.2) is 37.2 Å². The van der Waals surface area contributed by atoms with Crippen molar-refractivity contribution in [3.05, 3.63) is 60.8 Å². The highest BCUT2D eigenvalue weighted by Gasteiger charge is 2.19. The average Bonchev–Trinajstić information content (AvgIpc) is 3.24. The SMILES string of the molecule is CC/C=C\C/C=C\C/C=C\CCCCCCCCCC(=O)OCC(COC(=O)CCCCCCC/C=C\CCCCC)OC(=O)CCCCCCC/C=C\CCCCCC. The molecule has 6 nitrogen and oxygen atoms in total. The molecule has 346 valence electrons. The Kier molecular flexibility index (Phi) is 46.4. The van der Waals surface area contributed by atoms with Crippen LogP contribution in [0.1, 0.15) is 245 Å². The summed E-state index contributed by atoms with van der Waals surface area (Å²) in [5.74, 6) is -0.910. The van der Waals surface area contributed by atoms with E-state index in [0.29, 0.717) is 19.3 Å². The molecule has 0 aromatic carbocycles. The fourth-order valence-corrected chi connectivity index (χ4v) is 6.92. The Morgan fingerprint density at radius 3 is 1.07 bits per heavy atom. The van der Waals surface area contributed by atoms with Crippen LogP contribution in [0, 0.1) is 0 Å². The number of esters is 3. The van der Waals surface area contributed by atoms with Gasteiger partial charge in [0.25, 0.3) is 0 Å². The molecule has 0 fully saturated rings. The van der Waals surface area contributed by atoms with Gasteiger partial charge in [-0.2, -0.15) is 0 Å². The molecule has 0 heterocycles. The third-order valence-corrected chi connectivity index (χ3v) is 10.7. The van der Waals surface area contributed by atoms with E-state index in [0.717, 1.165) is 103 Å². The molecule has 0 rings (SSSR count). The summed E-state index contributed by atoms with van der Waals surface area (Å²) in [5.41, 5.74) is 0. The van der Waals surface area contributed by atoms with Gasteiger partial charge in [0.15, 0.2) is 6.10 Å². The lowest BCUT2D eigenvalue weighted by atomic mass is 10.1. The Balaban J connectivity index is 4.39. The number of hydrogen-bond donors (Lipinski definition) is 0. The second kappa shape index (κ2) is 48.8. The molecule has 0 aromatic rings. The van der Waals surface area contributed by atoms with Crippen LogP contribution >= 0.6 is 0 Å². The van der Waals surface area contributed by atoms with E-state index in [4.69, 9.17) is 14.2 Å². The highest BCUT2D eigenvalue weighted by Crippen LogP contribution is 2.14. The van der Waals surface area contributed by atoms with E-state index in [9.17, 15) is 14.4 Å². The maximum atomic E-state index is 12.8. The zero-order chi connectivity index (χ0) is 43.7. The Morgan fingerprint density at radius 2 is 0.650 bits per heavy atom. The fraction of sp³-hybridized carbons (Fsp3) is 0.759. The normalized spacial score (nSPS) is 12.5. The van der Waals surface area contributed by atoms with Crippen LogP contribution in [0.4, 0.5) is 0 Å². The number of carbonyl (C=O) groups is 3. The van der Waals surface area contributed by atoms with Gasteiger partial charge < -0.3 is 14.2 Å². The van der Waals surface area contributed by atoms with Crippen LogP contribution in [-0.2, 0) is 28.6 Å². The first-order valence-electron chi connectivity index (χ1n) is 25.3. The molecule has 0 aliphatic carbocycles. The molecule has 6 heteroatoms. The maximum absolute atomic E-state index is 12.8. The minimum Gasteiger partial charge on any atom is -0.462 e. The van der Waals surface area contributed by atoms with Crippen LogP contribution in [0.5, 0.6) is 0 Å². The summed E-state index contributed by atoms with van der Waals surface area (Å²) in [4.78, 5) is 37.9. The predicted octanol–water partition coefficient (Wildman–Crippen LogP) is 16.5. The summed E-state index contributed by atoms with van der Waals surface area (Å²) in [6, 6.07) is 0. The highest BCUT2D eigenvalue weighted by molar-refractivity contribution is 5.71. The number of carbonyl (C=O) groups excluding carboxylic acids is 3. The summed E-state index contributed by atoms with van der Waals surface area (Å²) >= 11 is 0. The molecule has 0 N–H and O–H groups in total. The zero-order valence-corrected chi connectivity index (χ0v) is 39.5. The fourth-order valence-electron chi connectivity index (χ4n) is 6.92. The van der Waals surface area contributed by atoms with Crippen LogP contribution in [0.25, 0.3) is 0 Å². The van der Waals surface area contributed by atoms with Gasteiger partial charge in [0.05, 0.1) is 0 Å². The summed E-state index contributed by atoms with van der Waals surface area (Å²) in [6.07, 6.45) is 59.1. The molecule has 1 unspecified atom stereocenters. The van der Waals surface area contributed by atoms with Crippen LogP contribution in [0.15, 0.2) is 60.8 Å². The Morgan fingerprint density at radius 1 is 0.350 bits per heavy atom. The van der Waals surface area contributed by atoms with Gasteiger partial charge in [-0.15, -0.1) is 0 Å². The minimum atomic E-state index is -0.784. The third kappa shape index (κ3) is 46.2. The molecular weight excluding hydrogens is 745 g/mol. The highest BCUT2D eigenvalue weighted by atomic mass is 16.6. The Hall–Kier alpha value is -2.89. The minimum absolute atomic E-state index is 0.0850. The molecule has 0 spiro atoms. The van der Waals surface area contributed by atoms with Crippen LogP contribution < -0.4 is 0 Å². The van der Waals surface area contributed by atoms with Gasteiger partial charge in [-0.3, -0.25) is 14.4 Å². The van der Waals surface area contributed by atoms with Crippen LogP contribution in [0.3, 0.4) is 0 Å². The summed E-state index contributed by atoms with van der Waals surface area (Å²) in [5, 5.41) is 0. The molecule has 0 radical (unpaired) electrons. The van der Waals surface area contributed by atoms with Gasteiger partial charge in [0.2, 0.25) is 0 Å². The zero-order valence-electron chi connectivity index (χ0n) is 39.5. The van der Waals surface area contributed by atoms with Crippen molar-refractivity contribution in [2.45, 2.75) is 252 Å². The molecule has 0 saturated heterocycles. The van der Waals surface area contributed by atoms with E-state index < -0.39 is 6.10 Å². The number of ether oxygens (including phenoxy) is 3. The van der Waals surface area contributed by atoms with E-state index in [1.807, 2.05) is 0 Å². The van der Waals surface area contributed by atoms with Gasteiger partial charge in [-0.1, -0.05) is 184 Å². The smallest absolute Gasteiger partial charge is 0.306 e. The molecular formula is C54H94O6. The maximum Gasteiger partial charge on any atom is 0.306 e. The third-order valence-electron chi connectivity index (χ3n) is 10.7. The lowest BCUT2D eigenvalue weighted by Crippen LogP contribution is -2.30. The van der Waals surface area contributed by atoms with Crippen molar-refractivity contribution in [3.63, 3.8) is 0 Å². The van der Waals surface area contributed by atoms with Gasteiger partial charge >= 0.3 is 17.9 Å². The lowest BCUT2D eigenvalue weighted by Gasteiger charge is -2.18. The number of hydrogen-bond acceptors (Lipinski definition) is 6. The van der Waals surface area contributed by atoms with E-state index in [1.54, 1.807) is 0 Å².